The number of rotatable bonds is 8. The lowest BCUT2D eigenvalue weighted by Crippen LogP contribution is -2.60. The molecule has 5 rings (SSSR count). The molecular formula is C27H22ClN7O5. The maximum absolute atomic E-state index is 13.5. The molecule has 0 saturated carbocycles. The van der Waals surface area contributed by atoms with Crippen molar-refractivity contribution < 1.29 is 24.3 Å². The zero-order chi connectivity index (χ0) is 28.2. The number of nitrogens with one attached hydrogen (secondary N) is 1. The fourth-order valence-corrected chi connectivity index (χ4v) is 4.62. The molecule has 1 unspecified atom stereocenters. The molecule has 1 saturated heterocycles. The molecule has 0 spiro atoms. The SMILES string of the molecule is O=C(O)c1cccc(NC(=O)C(Cc2ccccc2)N2CC(=O)N(c3cc(Cl)ccc3-n3cnnn3)CC2=O)c1. The van der Waals surface area contributed by atoms with Crippen molar-refractivity contribution in [2.75, 3.05) is 23.3 Å². The fourth-order valence-electron chi connectivity index (χ4n) is 4.45. The van der Waals surface area contributed by atoms with E-state index >= 15 is 0 Å². The Morgan fingerprint density at radius 3 is 2.48 bits per heavy atom. The number of benzene rings is 3. The molecule has 1 atom stereocenters. The second-order valence-electron chi connectivity index (χ2n) is 8.97. The first-order valence-corrected chi connectivity index (χ1v) is 12.5. The van der Waals surface area contributed by atoms with E-state index in [4.69, 9.17) is 11.6 Å². The monoisotopic (exact) mass is 559 g/mol. The number of nitrogens with zero attached hydrogens (tertiary/aromatic N) is 6. The molecule has 1 fully saturated rings. The number of hydrogen-bond donors (Lipinski definition) is 2. The summed E-state index contributed by atoms with van der Waals surface area (Å²) < 4.78 is 1.35. The van der Waals surface area contributed by atoms with E-state index in [-0.39, 0.29) is 30.8 Å². The van der Waals surface area contributed by atoms with E-state index in [1.165, 1.54) is 39.0 Å². The number of tetrazole rings is 1. The van der Waals surface area contributed by atoms with Gasteiger partial charge in [-0.2, -0.15) is 4.68 Å². The minimum atomic E-state index is -1.14. The molecule has 4 aromatic rings. The minimum absolute atomic E-state index is 0.00261. The van der Waals surface area contributed by atoms with Crippen LogP contribution in [0.15, 0.2) is 79.1 Å². The number of halogens is 1. The van der Waals surface area contributed by atoms with Crippen LogP contribution >= 0.6 is 11.6 Å². The Morgan fingerprint density at radius 1 is 0.950 bits per heavy atom. The molecule has 1 aromatic heterocycles. The highest BCUT2D eigenvalue weighted by molar-refractivity contribution is 6.31. The Hall–Kier alpha value is -5.10. The number of carboxylic acids is 1. The lowest BCUT2D eigenvalue weighted by Gasteiger charge is -2.38. The van der Waals surface area contributed by atoms with Gasteiger partial charge in [-0.25, -0.2) is 4.79 Å². The van der Waals surface area contributed by atoms with Crippen LogP contribution in [0.1, 0.15) is 15.9 Å². The smallest absolute Gasteiger partial charge is 0.335 e. The van der Waals surface area contributed by atoms with E-state index in [1.54, 1.807) is 24.3 Å². The van der Waals surface area contributed by atoms with Crippen molar-refractivity contribution in [2.24, 2.45) is 0 Å². The van der Waals surface area contributed by atoms with Gasteiger partial charge in [-0.1, -0.05) is 48.0 Å². The third-order valence-corrected chi connectivity index (χ3v) is 6.61. The lowest BCUT2D eigenvalue weighted by atomic mass is 10.0. The Labute approximate surface area is 232 Å². The van der Waals surface area contributed by atoms with Gasteiger partial charge in [-0.3, -0.25) is 19.3 Å². The zero-order valence-electron chi connectivity index (χ0n) is 20.8. The highest BCUT2D eigenvalue weighted by Gasteiger charge is 2.39. The maximum atomic E-state index is 13.5. The van der Waals surface area contributed by atoms with Crippen LogP contribution in [0.2, 0.25) is 5.02 Å². The van der Waals surface area contributed by atoms with E-state index in [9.17, 15) is 24.3 Å². The third-order valence-electron chi connectivity index (χ3n) is 6.37. The number of aromatic carboxylic acids is 1. The second-order valence-corrected chi connectivity index (χ2v) is 9.41. The number of anilines is 2. The van der Waals surface area contributed by atoms with Crippen molar-refractivity contribution in [3.63, 3.8) is 0 Å². The Bertz CT molecular complexity index is 1580. The van der Waals surface area contributed by atoms with E-state index in [2.05, 4.69) is 20.8 Å². The molecule has 3 amide bonds. The Morgan fingerprint density at radius 2 is 1.75 bits per heavy atom. The summed E-state index contributed by atoms with van der Waals surface area (Å²) in [6.07, 6.45) is 1.49. The van der Waals surface area contributed by atoms with Gasteiger partial charge in [0, 0.05) is 17.1 Å². The molecule has 0 radical (unpaired) electrons. The molecule has 3 aromatic carbocycles. The van der Waals surface area contributed by atoms with Gasteiger partial charge in [0.2, 0.25) is 17.7 Å². The molecule has 2 heterocycles. The van der Waals surface area contributed by atoms with Gasteiger partial charge in [-0.05, 0) is 52.4 Å². The summed E-state index contributed by atoms with van der Waals surface area (Å²) in [5.74, 6) is -2.60. The highest BCUT2D eigenvalue weighted by Crippen LogP contribution is 2.30. The summed E-state index contributed by atoms with van der Waals surface area (Å²) in [7, 11) is 0. The molecule has 13 heteroatoms. The lowest BCUT2D eigenvalue weighted by molar-refractivity contribution is -0.143. The molecule has 0 aliphatic carbocycles. The maximum Gasteiger partial charge on any atom is 0.335 e. The van der Waals surface area contributed by atoms with E-state index in [0.29, 0.717) is 16.4 Å². The number of piperazine rings is 1. The number of carbonyl (C=O) groups is 4. The van der Waals surface area contributed by atoms with Crippen LogP contribution in [0.25, 0.3) is 5.69 Å². The van der Waals surface area contributed by atoms with Gasteiger partial charge in [0.05, 0.1) is 16.9 Å². The first kappa shape index (κ1) is 26.5. The van der Waals surface area contributed by atoms with Gasteiger partial charge in [0.25, 0.3) is 0 Å². The summed E-state index contributed by atoms with van der Waals surface area (Å²) in [5.41, 5.74) is 1.82. The molecule has 1 aliphatic rings. The summed E-state index contributed by atoms with van der Waals surface area (Å²) in [6.45, 7) is -0.720. The van der Waals surface area contributed by atoms with Gasteiger partial charge in [0.1, 0.15) is 25.5 Å². The topological polar surface area (TPSA) is 151 Å². The van der Waals surface area contributed by atoms with Crippen LogP contribution in [0.3, 0.4) is 0 Å². The van der Waals surface area contributed by atoms with Crippen LogP contribution in [-0.2, 0) is 20.8 Å². The number of carboxylic acid groups (broad SMARTS) is 1. The van der Waals surface area contributed by atoms with Crippen LogP contribution in [0, 0.1) is 0 Å². The van der Waals surface area contributed by atoms with Gasteiger partial charge >= 0.3 is 5.97 Å². The largest absolute Gasteiger partial charge is 0.478 e. The average molecular weight is 560 g/mol. The van der Waals surface area contributed by atoms with Crippen molar-refractivity contribution in [2.45, 2.75) is 12.5 Å². The number of amides is 3. The van der Waals surface area contributed by atoms with Crippen molar-refractivity contribution in [3.05, 3.63) is 95.3 Å². The third kappa shape index (κ3) is 5.66. The fraction of sp³-hybridized carbons (Fsp3) is 0.148. The standard InChI is InChI=1S/C27H22ClN7O5/c28-19-9-10-21(35-16-29-31-32-35)22(13-19)33-14-25(37)34(15-24(33)36)23(11-17-5-2-1-3-6-17)26(38)30-20-8-4-7-18(12-20)27(39)40/h1-10,12-13,16,23H,11,14-15H2,(H,30,38)(H,39,40). The first-order valence-electron chi connectivity index (χ1n) is 12.1. The minimum Gasteiger partial charge on any atom is -0.478 e. The average Bonchev–Trinajstić information content (AvgIpc) is 3.48. The van der Waals surface area contributed by atoms with Crippen molar-refractivity contribution in [1.29, 1.82) is 0 Å². The number of hydrogen-bond acceptors (Lipinski definition) is 7. The van der Waals surface area contributed by atoms with Crippen molar-refractivity contribution >= 4 is 46.7 Å². The zero-order valence-corrected chi connectivity index (χ0v) is 21.6. The van der Waals surface area contributed by atoms with Crippen LogP contribution in [0.5, 0.6) is 0 Å². The number of aromatic nitrogens is 4. The second kappa shape index (κ2) is 11.3. The summed E-state index contributed by atoms with van der Waals surface area (Å²) in [6, 6.07) is 18.6. The summed E-state index contributed by atoms with van der Waals surface area (Å²) >= 11 is 6.22. The molecule has 1 aliphatic heterocycles. The van der Waals surface area contributed by atoms with Crippen LogP contribution in [-0.4, -0.2) is 73.0 Å². The molecular weight excluding hydrogens is 538 g/mol. The first-order chi connectivity index (χ1) is 19.3. The Kier molecular flexibility index (Phi) is 7.51. The van der Waals surface area contributed by atoms with Gasteiger partial charge in [0.15, 0.2) is 0 Å². The van der Waals surface area contributed by atoms with Gasteiger partial charge in [-0.15, -0.1) is 5.10 Å². The molecule has 202 valence electrons. The molecule has 2 N–H and O–H groups in total. The summed E-state index contributed by atoms with van der Waals surface area (Å²) in [4.78, 5) is 54.4. The Balaban J connectivity index is 1.43. The van der Waals surface area contributed by atoms with Crippen LogP contribution in [0.4, 0.5) is 11.4 Å². The highest BCUT2D eigenvalue weighted by atomic mass is 35.5. The normalized spacial score (nSPS) is 14.2. The van der Waals surface area contributed by atoms with Gasteiger partial charge < -0.3 is 15.3 Å². The van der Waals surface area contributed by atoms with Crippen molar-refractivity contribution in [1.82, 2.24) is 25.1 Å². The van der Waals surface area contributed by atoms with E-state index < -0.39 is 29.7 Å². The molecule has 40 heavy (non-hydrogen) atoms. The van der Waals surface area contributed by atoms with E-state index in [0.717, 1.165) is 5.56 Å². The van der Waals surface area contributed by atoms with E-state index in [1.807, 2.05) is 30.3 Å². The van der Waals surface area contributed by atoms with Crippen molar-refractivity contribution in [3.8, 4) is 5.69 Å². The van der Waals surface area contributed by atoms with Crippen LogP contribution < -0.4 is 10.2 Å². The number of carbonyl (C=O) groups excluding carboxylic acids is 3. The molecule has 0 bridgehead atoms. The predicted molar refractivity (Wildman–Crippen MR) is 144 cm³/mol. The quantitative estimate of drug-likeness (QED) is 0.334. The summed E-state index contributed by atoms with van der Waals surface area (Å²) in [5, 5.41) is 23.5. The predicted octanol–water partition coefficient (Wildman–Crippen LogP) is 2.44. The molecule has 12 nitrogen and oxygen atoms in total.